The van der Waals surface area contributed by atoms with Crippen molar-refractivity contribution in [3.05, 3.63) is 17.8 Å². The Balaban J connectivity index is 2.78. The lowest BCUT2D eigenvalue weighted by atomic mass is 10.3. The van der Waals surface area contributed by atoms with E-state index in [-0.39, 0.29) is 12.3 Å². The summed E-state index contributed by atoms with van der Waals surface area (Å²) in [6, 6.07) is 0. The highest BCUT2D eigenvalue weighted by Crippen LogP contribution is 2.11. The molecule has 1 heterocycles. The molecule has 16 heavy (non-hydrogen) atoms. The number of oxazole rings is 1. The maximum atomic E-state index is 12.3. The highest BCUT2D eigenvalue weighted by atomic mass is 79.9. The molecule has 0 atom stereocenters. The molecule has 0 saturated carbocycles. The molecule has 1 aromatic rings. The average molecular weight is 297 g/mol. The maximum Gasteiger partial charge on any atom is 0.291 e. The lowest BCUT2D eigenvalue weighted by Gasteiger charge is -2.19. The zero-order valence-electron chi connectivity index (χ0n) is 8.62. The second-order valence-electron chi connectivity index (χ2n) is 3.10. The topological polar surface area (TPSA) is 46.3 Å². The molecule has 0 bridgehead atoms. The molecule has 90 valence electrons. The van der Waals surface area contributed by atoms with Crippen LogP contribution >= 0.6 is 15.9 Å². The summed E-state index contributed by atoms with van der Waals surface area (Å²) in [6.45, 7) is 1.18. The van der Waals surface area contributed by atoms with Crippen LogP contribution in [0.2, 0.25) is 0 Å². The Labute approximate surface area is 99.8 Å². The maximum absolute atomic E-state index is 12.3. The average Bonchev–Trinajstić information content (AvgIpc) is 2.62. The quantitative estimate of drug-likeness (QED) is 0.782. The minimum atomic E-state index is -2.56. The van der Waals surface area contributed by atoms with Crippen molar-refractivity contribution in [2.45, 2.75) is 13.3 Å². The summed E-state index contributed by atoms with van der Waals surface area (Å²) < 4.78 is 29.4. The number of carbonyl (C=O) groups is 1. The SMILES string of the molecule is Cc1ncoc1C(=O)N(CCBr)CC(F)F. The van der Waals surface area contributed by atoms with Crippen molar-refractivity contribution in [3.8, 4) is 0 Å². The molecular weight excluding hydrogens is 286 g/mol. The molecule has 1 rings (SSSR count). The number of hydrogen-bond acceptors (Lipinski definition) is 3. The van der Waals surface area contributed by atoms with E-state index >= 15 is 0 Å². The first-order chi connectivity index (χ1) is 7.56. The van der Waals surface area contributed by atoms with Crippen LogP contribution in [0.3, 0.4) is 0 Å². The summed E-state index contributed by atoms with van der Waals surface area (Å²) in [5.41, 5.74) is 0.402. The summed E-state index contributed by atoms with van der Waals surface area (Å²) in [5.74, 6) is -0.545. The molecule has 4 nitrogen and oxygen atoms in total. The first-order valence-electron chi connectivity index (χ1n) is 4.59. The Kier molecular flexibility index (Phi) is 4.85. The second-order valence-corrected chi connectivity index (χ2v) is 3.89. The number of aryl methyl sites for hydroxylation is 1. The molecule has 0 saturated heterocycles. The summed E-state index contributed by atoms with van der Waals surface area (Å²) in [5, 5.41) is 0.429. The Bertz CT molecular complexity index is 357. The van der Waals surface area contributed by atoms with Crippen LogP contribution in [0, 0.1) is 6.92 Å². The lowest BCUT2D eigenvalue weighted by molar-refractivity contribution is 0.0545. The number of rotatable bonds is 5. The molecule has 1 aromatic heterocycles. The summed E-state index contributed by atoms with van der Waals surface area (Å²) in [7, 11) is 0. The Hall–Kier alpha value is -0.980. The number of halogens is 3. The van der Waals surface area contributed by atoms with Gasteiger partial charge in [-0.3, -0.25) is 4.79 Å². The van der Waals surface area contributed by atoms with Crippen LogP contribution in [-0.4, -0.2) is 40.6 Å². The highest BCUT2D eigenvalue weighted by Gasteiger charge is 2.23. The van der Waals surface area contributed by atoms with Crippen molar-refractivity contribution in [1.29, 1.82) is 0 Å². The van der Waals surface area contributed by atoms with Crippen molar-refractivity contribution in [2.24, 2.45) is 0 Å². The molecule has 0 unspecified atom stereocenters. The normalized spacial score (nSPS) is 10.8. The fourth-order valence-corrected chi connectivity index (χ4v) is 1.62. The third kappa shape index (κ3) is 3.26. The number of hydrogen-bond donors (Lipinski definition) is 0. The lowest BCUT2D eigenvalue weighted by Crippen LogP contribution is -2.36. The molecule has 0 fully saturated rings. The van der Waals surface area contributed by atoms with E-state index in [1.807, 2.05) is 0 Å². The van der Waals surface area contributed by atoms with Gasteiger partial charge in [-0.25, -0.2) is 13.8 Å². The van der Waals surface area contributed by atoms with Gasteiger partial charge in [-0.05, 0) is 6.92 Å². The van der Waals surface area contributed by atoms with Gasteiger partial charge in [-0.2, -0.15) is 0 Å². The number of alkyl halides is 3. The predicted molar refractivity (Wildman–Crippen MR) is 56.9 cm³/mol. The van der Waals surface area contributed by atoms with E-state index in [1.165, 1.54) is 0 Å². The molecule has 1 amide bonds. The summed E-state index contributed by atoms with van der Waals surface area (Å²) in [6.07, 6.45) is -1.44. The van der Waals surface area contributed by atoms with Crippen LogP contribution in [0.5, 0.6) is 0 Å². The summed E-state index contributed by atoms with van der Waals surface area (Å²) >= 11 is 3.11. The van der Waals surface area contributed by atoms with Crippen molar-refractivity contribution in [2.75, 3.05) is 18.4 Å². The Morgan fingerprint density at radius 3 is 2.81 bits per heavy atom. The third-order valence-corrected chi connectivity index (χ3v) is 2.29. The molecular formula is C9H11BrF2N2O2. The number of aromatic nitrogens is 1. The van der Waals surface area contributed by atoms with Crippen LogP contribution in [0.1, 0.15) is 16.2 Å². The Morgan fingerprint density at radius 1 is 1.69 bits per heavy atom. The van der Waals surface area contributed by atoms with Gasteiger partial charge >= 0.3 is 0 Å². The van der Waals surface area contributed by atoms with Crippen LogP contribution in [0.25, 0.3) is 0 Å². The van der Waals surface area contributed by atoms with Gasteiger partial charge in [0.05, 0.1) is 12.2 Å². The molecule has 0 aromatic carbocycles. The summed E-state index contributed by atoms with van der Waals surface area (Å²) in [4.78, 5) is 16.6. The second kappa shape index (κ2) is 5.93. The van der Waals surface area contributed by atoms with Gasteiger partial charge in [-0.1, -0.05) is 15.9 Å². The molecule has 0 N–H and O–H groups in total. The first kappa shape index (κ1) is 13.1. The molecule has 0 aliphatic rings. The number of amides is 1. The van der Waals surface area contributed by atoms with Gasteiger partial charge in [0.1, 0.15) is 0 Å². The molecule has 0 aliphatic carbocycles. The molecule has 0 spiro atoms. The number of nitrogens with zero attached hydrogens (tertiary/aromatic N) is 2. The van der Waals surface area contributed by atoms with Gasteiger partial charge in [0.2, 0.25) is 5.76 Å². The van der Waals surface area contributed by atoms with Gasteiger partial charge in [0, 0.05) is 11.9 Å². The van der Waals surface area contributed by atoms with Gasteiger partial charge in [0.15, 0.2) is 6.39 Å². The van der Waals surface area contributed by atoms with Crippen LogP contribution in [0.15, 0.2) is 10.8 Å². The van der Waals surface area contributed by atoms with E-state index in [0.29, 0.717) is 11.0 Å². The van der Waals surface area contributed by atoms with Crippen molar-refractivity contribution in [3.63, 3.8) is 0 Å². The zero-order valence-corrected chi connectivity index (χ0v) is 10.2. The van der Waals surface area contributed by atoms with Gasteiger partial charge < -0.3 is 9.32 Å². The van der Waals surface area contributed by atoms with E-state index in [4.69, 9.17) is 4.42 Å². The standard InChI is InChI=1S/C9H11BrF2N2O2/c1-6-8(16-5-13-6)9(15)14(3-2-10)4-7(11)12/h5,7H,2-4H2,1H3. The fraction of sp³-hybridized carbons (Fsp3) is 0.556. The Morgan fingerprint density at radius 2 is 2.38 bits per heavy atom. The zero-order chi connectivity index (χ0) is 12.1. The van der Waals surface area contributed by atoms with E-state index < -0.39 is 18.9 Å². The minimum Gasteiger partial charge on any atom is -0.438 e. The third-order valence-electron chi connectivity index (χ3n) is 1.94. The minimum absolute atomic E-state index is 0.0154. The van der Waals surface area contributed by atoms with E-state index in [0.717, 1.165) is 11.3 Å². The van der Waals surface area contributed by atoms with Crippen LogP contribution in [0.4, 0.5) is 8.78 Å². The van der Waals surface area contributed by atoms with Gasteiger partial charge in [0.25, 0.3) is 12.3 Å². The fourth-order valence-electron chi connectivity index (χ4n) is 1.20. The van der Waals surface area contributed by atoms with Crippen molar-refractivity contribution >= 4 is 21.8 Å². The largest absolute Gasteiger partial charge is 0.438 e. The van der Waals surface area contributed by atoms with Crippen LogP contribution < -0.4 is 0 Å². The van der Waals surface area contributed by atoms with Crippen molar-refractivity contribution < 1.29 is 18.0 Å². The van der Waals surface area contributed by atoms with E-state index in [2.05, 4.69) is 20.9 Å². The van der Waals surface area contributed by atoms with E-state index in [1.54, 1.807) is 6.92 Å². The van der Waals surface area contributed by atoms with Gasteiger partial charge in [-0.15, -0.1) is 0 Å². The molecule has 0 aliphatic heterocycles. The molecule has 0 radical (unpaired) electrons. The highest BCUT2D eigenvalue weighted by molar-refractivity contribution is 9.09. The smallest absolute Gasteiger partial charge is 0.291 e. The van der Waals surface area contributed by atoms with Crippen molar-refractivity contribution in [1.82, 2.24) is 9.88 Å². The number of carbonyl (C=O) groups excluding carboxylic acids is 1. The first-order valence-corrected chi connectivity index (χ1v) is 5.72. The van der Waals surface area contributed by atoms with Crippen LogP contribution in [-0.2, 0) is 0 Å². The molecule has 7 heteroatoms. The predicted octanol–water partition coefficient (Wildman–Crippen LogP) is 2.09. The van der Waals surface area contributed by atoms with E-state index in [9.17, 15) is 13.6 Å². The monoisotopic (exact) mass is 296 g/mol.